The maximum absolute atomic E-state index is 12.6. The molecule has 1 amide bonds. The van der Waals surface area contributed by atoms with Crippen LogP contribution in [0.5, 0.6) is 5.75 Å². The molecule has 1 aliphatic heterocycles. The van der Waals surface area contributed by atoms with Gasteiger partial charge in [-0.25, -0.2) is 0 Å². The lowest BCUT2D eigenvalue weighted by atomic mass is 9.89. The summed E-state index contributed by atoms with van der Waals surface area (Å²) in [7, 11) is 3.82. The van der Waals surface area contributed by atoms with E-state index in [0.717, 1.165) is 62.3 Å². The Morgan fingerprint density at radius 3 is 2.64 bits per heavy atom. The summed E-state index contributed by atoms with van der Waals surface area (Å²) in [6.07, 6.45) is 4.04. The summed E-state index contributed by atoms with van der Waals surface area (Å²) >= 11 is 0. The molecule has 0 aliphatic carbocycles. The van der Waals surface area contributed by atoms with Crippen LogP contribution in [0.4, 0.5) is 5.69 Å². The Kier molecular flexibility index (Phi) is 7.12. The molecule has 0 bridgehead atoms. The molecule has 25 heavy (non-hydrogen) atoms. The Morgan fingerprint density at radius 1 is 1.32 bits per heavy atom. The summed E-state index contributed by atoms with van der Waals surface area (Å²) in [6, 6.07) is 6.35. The van der Waals surface area contributed by atoms with Crippen molar-refractivity contribution >= 4 is 11.6 Å². The Bertz CT molecular complexity index is 572. The van der Waals surface area contributed by atoms with Gasteiger partial charge in [0.1, 0.15) is 5.75 Å². The predicted octanol–water partition coefficient (Wildman–Crippen LogP) is 2.79. The molecule has 0 saturated carbocycles. The summed E-state index contributed by atoms with van der Waals surface area (Å²) in [6.45, 7) is 6.56. The van der Waals surface area contributed by atoms with Gasteiger partial charge in [0, 0.05) is 31.4 Å². The number of rotatable bonds is 7. The number of ether oxygens (including phenoxy) is 1. The lowest BCUT2D eigenvalue weighted by Crippen LogP contribution is -2.47. The van der Waals surface area contributed by atoms with Crippen molar-refractivity contribution in [3.63, 3.8) is 0 Å². The normalized spacial score (nSPS) is 21.1. The van der Waals surface area contributed by atoms with Crippen molar-refractivity contribution in [2.24, 2.45) is 5.92 Å². The third-order valence-corrected chi connectivity index (χ3v) is 5.50. The average molecular weight is 348 g/mol. The van der Waals surface area contributed by atoms with Gasteiger partial charge in [0.2, 0.25) is 5.91 Å². The largest absolute Gasteiger partial charge is 0.497 e. The highest BCUT2D eigenvalue weighted by Crippen LogP contribution is 2.27. The molecular weight excluding hydrogens is 314 g/mol. The van der Waals surface area contributed by atoms with Crippen molar-refractivity contribution in [2.45, 2.75) is 45.6 Å². The Morgan fingerprint density at radius 2 is 2.04 bits per heavy atom. The molecule has 140 valence electrons. The molecular formula is C20H33N3O2. The zero-order valence-corrected chi connectivity index (χ0v) is 16.1. The highest BCUT2D eigenvalue weighted by atomic mass is 16.5. The smallest absolute Gasteiger partial charge is 0.226 e. The van der Waals surface area contributed by atoms with Crippen LogP contribution < -0.4 is 10.5 Å². The molecule has 1 fully saturated rings. The van der Waals surface area contributed by atoms with Gasteiger partial charge in [-0.2, -0.15) is 0 Å². The standard InChI is InChI=1S/C20H33N3O2/c1-5-23(6-2)20(24)16-8-10-17(22(3)14-16)9-7-15-13-18(25-4)11-12-19(15)21/h11-13,16-17H,5-10,14,21H2,1-4H3. The molecule has 0 radical (unpaired) electrons. The van der Waals surface area contributed by atoms with Gasteiger partial charge < -0.3 is 20.3 Å². The van der Waals surface area contributed by atoms with Gasteiger partial charge in [-0.1, -0.05) is 0 Å². The number of benzene rings is 1. The van der Waals surface area contributed by atoms with Crippen molar-refractivity contribution in [1.82, 2.24) is 9.80 Å². The quantitative estimate of drug-likeness (QED) is 0.771. The number of anilines is 1. The van der Waals surface area contributed by atoms with Crippen LogP contribution in [-0.4, -0.2) is 55.5 Å². The Labute approximate surface area is 152 Å². The summed E-state index contributed by atoms with van der Waals surface area (Å²) in [4.78, 5) is 16.9. The van der Waals surface area contributed by atoms with Gasteiger partial charge >= 0.3 is 0 Å². The molecule has 2 N–H and O–H groups in total. The van der Waals surface area contributed by atoms with Crippen molar-refractivity contribution in [3.8, 4) is 5.75 Å². The highest BCUT2D eigenvalue weighted by Gasteiger charge is 2.31. The number of carbonyl (C=O) groups is 1. The van der Waals surface area contributed by atoms with E-state index in [1.54, 1.807) is 7.11 Å². The fraction of sp³-hybridized carbons (Fsp3) is 0.650. The molecule has 2 atom stereocenters. The van der Waals surface area contributed by atoms with Crippen LogP contribution in [0.15, 0.2) is 18.2 Å². The van der Waals surface area contributed by atoms with Gasteiger partial charge in [0.15, 0.2) is 0 Å². The Balaban J connectivity index is 1.91. The van der Waals surface area contributed by atoms with Gasteiger partial charge in [0.25, 0.3) is 0 Å². The first-order chi connectivity index (χ1) is 12.0. The highest BCUT2D eigenvalue weighted by molar-refractivity contribution is 5.79. The fourth-order valence-corrected chi connectivity index (χ4v) is 3.81. The number of methoxy groups -OCH3 is 1. The molecule has 1 aromatic rings. The van der Waals surface area contributed by atoms with E-state index in [0.29, 0.717) is 11.9 Å². The Hall–Kier alpha value is -1.75. The molecule has 5 heteroatoms. The SMILES string of the molecule is CCN(CC)C(=O)C1CCC(CCc2cc(OC)ccc2N)N(C)C1. The number of carbonyl (C=O) groups excluding carboxylic acids is 1. The number of aryl methyl sites for hydroxylation is 1. The number of hydrogen-bond donors (Lipinski definition) is 1. The molecule has 0 aromatic heterocycles. The van der Waals surface area contributed by atoms with E-state index in [9.17, 15) is 4.79 Å². The van der Waals surface area contributed by atoms with E-state index < -0.39 is 0 Å². The van der Waals surface area contributed by atoms with Crippen molar-refractivity contribution < 1.29 is 9.53 Å². The third-order valence-electron chi connectivity index (χ3n) is 5.50. The number of nitrogens with two attached hydrogens (primary N) is 1. The van der Waals surface area contributed by atoms with Crippen LogP contribution in [0.1, 0.15) is 38.7 Å². The molecule has 1 heterocycles. The van der Waals surface area contributed by atoms with Gasteiger partial charge in [0.05, 0.1) is 13.0 Å². The monoisotopic (exact) mass is 347 g/mol. The number of nitrogen functional groups attached to an aromatic ring is 1. The van der Waals surface area contributed by atoms with Gasteiger partial charge in [-0.3, -0.25) is 4.79 Å². The second-order valence-corrected chi connectivity index (χ2v) is 6.98. The van der Waals surface area contributed by atoms with Crippen LogP contribution in [0.3, 0.4) is 0 Å². The van der Waals surface area contributed by atoms with E-state index >= 15 is 0 Å². The topological polar surface area (TPSA) is 58.8 Å². The first-order valence-corrected chi connectivity index (χ1v) is 9.41. The summed E-state index contributed by atoms with van der Waals surface area (Å²) in [5.74, 6) is 1.31. The minimum absolute atomic E-state index is 0.142. The van der Waals surface area contributed by atoms with E-state index in [1.807, 2.05) is 23.1 Å². The molecule has 1 aromatic carbocycles. The number of likely N-dealkylation sites (tertiary alicyclic amines) is 1. The van der Waals surface area contributed by atoms with Crippen molar-refractivity contribution in [2.75, 3.05) is 39.5 Å². The molecule has 0 spiro atoms. The summed E-state index contributed by atoms with van der Waals surface area (Å²) in [5.41, 5.74) is 8.08. The van der Waals surface area contributed by atoms with E-state index in [4.69, 9.17) is 10.5 Å². The molecule has 2 unspecified atom stereocenters. The zero-order chi connectivity index (χ0) is 18.4. The lowest BCUT2D eigenvalue weighted by Gasteiger charge is -2.38. The zero-order valence-electron chi connectivity index (χ0n) is 16.1. The van der Waals surface area contributed by atoms with Crippen LogP contribution in [0.2, 0.25) is 0 Å². The lowest BCUT2D eigenvalue weighted by molar-refractivity contribution is -0.137. The number of amides is 1. The summed E-state index contributed by atoms with van der Waals surface area (Å²) < 4.78 is 5.30. The molecule has 5 nitrogen and oxygen atoms in total. The van der Waals surface area contributed by atoms with Gasteiger partial charge in [-0.15, -0.1) is 0 Å². The predicted molar refractivity (Wildman–Crippen MR) is 103 cm³/mol. The van der Waals surface area contributed by atoms with E-state index in [1.165, 1.54) is 0 Å². The van der Waals surface area contributed by atoms with E-state index in [2.05, 4.69) is 25.8 Å². The fourth-order valence-electron chi connectivity index (χ4n) is 3.81. The first-order valence-electron chi connectivity index (χ1n) is 9.41. The minimum Gasteiger partial charge on any atom is -0.497 e. The number of nitrogens with zero attached hydrogens (tertiary/aromatic N) is 2. The minimum atomic E-state index is 0.142. The van der Waals surface area contributed by atoms with Crippen LogP contribution in [-0.2, 0) is 11.2 Å². The van der Waals surface area contributed by atoms with Crippen LogP contribution in [0, 0.1) is 5.92 Å². The third kappa shape index (κ3) is 4.88. The molecule has 1 saturated heterocycles. The van der Waals surface area contributed by atoms with Crippen molar-refractivity contribution in [3.05, 3.63) is 23.8 Å². The number of hydrogen-bond acceptors (Lipinski definition) is 4. The number of piperidine rings is 1. The second kappa shape index (κ2) is 9.09. The van der Waals surface area contributed by atoms with Gasteiger partial charge in [-0.05, 0) is 70.3 Å². The maximum atomic E-state index is 12.6. The average Bonchev–Trinajstić information content (AvgIpc) is 2.62. The van der Waals surface area contributed by atoms with Crippen molar-refractivity contribution in [1.29, 1.82) is 0 Å². The van der Waals surface area contributed by atoms with Crippen LogP contribution in [0.25, 0.3) is 0 Å². The molecule has 2 rings (SSSR count). The summed E-state index contributed by atoms with van der Waals surface area (Å²) in [5, 5.41) is 0. The van der Waals surface area contributed by atoms with E-state index in [-0.39, 0.29) is 5.92 Å². The first kappa shape index (κ1) is 19.6. The second-order valence-electron chi connectivity index (χ2n) is 6.98. The maximum Gasteiger partial charge on any atom is 0.226 e. The van der Waals surface area contributed by atoms with Crippen LogP contribution >= 0.6 is 0 Å². The molecule has 1 aliphatic rings.